The number of fused-ring (bicyclic) bond motifs is 16. The molecule has 5 heteroatoms. The molecule has 0 amide bonds. The van der Waals surface area contributed by atoms with Crippen LogP contribution in [-0.2, 0) is 5.41 Å². The van der Waals surface area contributed by atoms with Gasteiger partial charge in [0, 0.05) is 88.7 Å². The number of aromatic nitrogens is 2. The zero-order valence-corrected chi connectivity index (χ0v) is 64.0. The molecular weight excluding hydrogens is 1390 g/mol. The summed E-state index contributed by atoms with van der Waals surface area (Å²) < 4.78 is 5.13. The van der Waals surface area contributed by atoms with E-state index in [4.69, 9.17) is 0 Å². The molecule has 0 atom stereocenters. The predicted octanol–water partition coefficient (Wildman–Crippen LogP) is 27.9. The molecule has 0 aliphatic carbocycles. The molecule has 0 bridgehead atoms. The quantitative estimate of drug-likeness (QED) is 0.127. The first-order valence-electron chi connectivity index (χ1n) is 40.2. The standard InChI is InChI=1S/C110H75BN4/c1-110(2,3)80-66-103-105-104(67-80)115(109-95(74-34-12-6-13-35-74)64-79(65-96(109)75-36-14-7-15-37-75)86-51-29-43-71-39-17-21-45-84(71)86)102-69-82(113-100-53-27-25-49-90(100)92-59-55-77-41-19-23-47-88(77)107(92)113)57-61-98(102)111(105)97-60-56-81(112-99-52-26-24-48-89(99)91-58-54-76-40-18-22-46-87(76)106(91)112)68-101(97)114(103)108-93(72-30-8-4-9-31-72)62-78(63-94(108)73-32-10-5-11-33-73)85-50-28-42-70-38-16-20-44-83(70)85/h4-69H,1-3H3. The van der Waals surface area contributed by atoms with E-state index in [9.17, 15) is 0 Å². The van der Waals surface area contributed by atoms with E-state index >= 15 is 0 Å². The molecule has 4 heterocycles. The van der Waals surface area contributed by atoms with Crippen molar-refractivity contribution in [1.82, 2.24) is 9.13 Å². The second-order valence-corrected chi connectivity index (χ2v) is 32.2. The van der Waals surface area contributed by atoms with Crippen LogP contribution in [0.2, 0.25) is 0 Å². The van der Waals surface area contributed by atoms with Gasteiger partial charge in [-0.05, 0) is 177 Å². The van der Waals surface area contributed by atoms with Crippen LogP contribution < -0.4 is 26.2 Å². The molecule has 0 radical (unpaired) electrons. The highest BCUT2D eigenvalue weighted by Crippen LogP contribution is 2.57. The van der Waals surface area contributed by atoms with Crippen molar-refractivity contribution in [2.24, 2.45) is 0 Å². The lowest BCUT2D eigenvalue weighted by molar-refractivity contribution is 0.590. The Labute approximate surface area is 668 Å². The average Bonchev–Trinajstić information content (AvgIpc) is 1.58. The van der Waals surface area contributed by atoms with Crippen molar-refractivity contribution in [3.63, 3.8) is 0 Å². The maximum Gasteiger partial charge on any atom is 0.252 e. The number of rotatable bonds is 10. The highest BCUT2D eigenvalue weighted by atomic mass is 15.2. The minimum Gasteiger partial charge on any atom is -0.310 e. The van der Waals surface area contributed by atoms with Crippen molar-refractivity contribution in [2.75, 3.05) is 9.80 Å². The third-order valence-electron chi connectivity index (χ3n) is 24.7. The molecule has 0 saturated carbocycles. The molecule has 23 rings (SSSR count). The van der Waals surface area contributed by atoms with Gasteiger partial charge in [-0.1, -0.05) is 348 Å². The van der Waals surface area contributed by atoms with Crippen LogP contribution in [0.4, 0.5) is 34.1 Å². The van der Waals surface area contributed by atoms with Gasteiger partial charge in [0.05, 0.1) is 33.4 Å². The summed E-state index contributed by atoms with van der Waals surface area (Å²) in [5.41, 5.74) is 31.6. The van der Waals surface area contributed by atoms with Crippen molar-refractivity contribution in [3.05, 3.63) is 406 Å². The smallest absolute Gasteiger partial charge is 0.252 e. The first-order valence-corrected chi connectivity index (χ1v) is 40.2. The van der Waals surface area contributed by atoms with Crippen LogP contribution in [0.3, 0.4) is 0 Å². The fourth-order valence-electron chi connectivity index (χ4n) is 19.5. The summed E-state index contributed by atoms with van der Waals surface area (Å²) >= 11 is 0. The van der Waals surface area contributed by atoms with E-state index < -0.39 is 0 Å². The second-order valence-electron chi connectivity index (χ2n) is 32.2. The van der Waals surface area contributed by atoms with Crippen molar-refractivity contribution >= 4 is 144 Å². The number of para-hydroxylation sites is 2. The fraction of sp³-hybridized carbons (Fsp3) is 0.0364. The van der Waals surface area contributed by atoms with Gasteiger partial charge in [-0.15, -0.1) is 0 Å². The summed E-state index contributed by atoms with van der Waals surface area (Å²) in [6.07, 6.45) is 0. The number of hydrogen-bond donors (Lipinski definition) is 0. The second kappa shape index (κ2) is 26.0. The first kappa shape index (κ1) is 66.3. The van der Waals surface area contributed by atoms with E-state index in [-0.39, 0.29) is 12.1 Å². The van der Waals surface area contributed by atoms with Crippen molar-refractivity contribution < 1.29 is 0 Å². The third kappa shape index (κ3) is 10.4. The molecule has 0 N–H and O–H groups in total. The zero-order valence-electron chi connectivity index (χ0n) is 64.0. The Morgan fingerprint density at radius 3 is 0.922 bits per heavy atom. The minimum atomic E-state index is -0.387. The first-order chi connectivity index (χ1) is 56.7. The van der Waals surface area contributed by atoms with Gasteiger partial charge >= 0.3 is 0 Å². The van der Waals surface area contributed by atoms with E-state index in [0.717, 1.165) is 112 Å². The van der Waals surface area contributed by atoms with Crippen LogP contribution in [0.15, 0.2) is 400 Å². The summed E-state index contributed by atoms with van der Waals surface area (Å²) in [4.78, 5) is 5.49. The maximum absolute atomic E-state index is 2.74. The lowest BCUT2D eigenvalue weighted by Crippen LogP contribution is -2.61. The predicted molar refractivity (Wildman–Crippen MR) is 490 cm³/mol. The lowest BCUT2D eigenvalue weighted by Gasteiger charge is -2.46. The van der Waals surface area contributed by atoms with Crippen LogP contribution in [0.1, 0.15) is 26.3 Å². The molecule has 0 saturated heterocycles. The Balaban J connectivity index is 0.905. The normalized spacial score (nSPS) is 12.6. The molecule has 0 unspecified atom stereocenters. The molecule has 0 spiro atoms. The maximum atomic E-state index is 2.74. The Bertz CT molecular complexity index is 7010. The number of anilines is 6. The number of hydrogen-bond acceptors (Lipinski definition) is 2. The molecule has 19 aromatic carbocycles. The van der Waals surface area contributed by atoms with Crippen molar-refractivity contribution in [3.8, 4) is 78.1 Å². The van der Waals surface area contributed by atoms with E-state index in [0.29, 0.717) is 0 Å². The third-order valence-corrected chi connectivity index (χ3v) is 24.7. The summed E-state index contributed by atoms with van der Waals surface area (Å²) in [6, 6.07) is 152. The fourth-order valence-corrected chi connectivity index (χ4v) is 19.5. The van der Waals surface area contributed by atoms with Gasteiger partial charge < -0.3 is 18.9 Å². The molecule has 538 valence electrons. The summed E-state index contributed by atoms with van der Waals surface area (Å²) in [5.74, 6) is 0. The Morgan fingerprint density at radius 1 is 0.226 bits per heavy atom. The van der Waals surface area contributed by atoms with Crippen molar-refractivity contribution in [2.45, 2.75) is 26.2 Å². The van der Waals surface area contributed by atoms with E-state index in [1.54, 1.807) is 0 Å². The van der Waals surface area contributed by atoms with Crippen LogP contribution in [0, 0.1) is 0 Å². The van der Waals surface area contributed by atoms with Crippen LogP contribution in [0.25, 0.3) is 165 Å². The van der Waals surface area contributed by atoms with E-state index in [1.165, 1.54) is 109 Å². The van der Waals surface area contributed by atoms with Gasteiger partial charge in [0.2, 0.25) is 0 Å². The molecule has 2 aliphatic rings. The van der Waals surface area contributed by atoms with Crippen LogP contribution in [-0.4, -0.2) is 15.8 Å². The number of nitrogens with zero attached hydrogens (tertiary/aromatic N) is 4. The molecule has 0 fully saturated rings. The molecule has 2 aromatic heterocycles. The van der Waals surface area contributed by atoms with Gasteiger partial charge in [0.15, 0.2) is 0 Å². The van der Waals surface area contributed by atoms with Gasteiger partial charge in [0.25, 0.3) is 6.71 Å². The molecule has 21 aromatic rings. The Kier molecular flexibility index (Phi) is 15.0. The van der Waals surface area contributed by atoms with Gasteiger partial charge in [0.1, 0.15) is 0 Å². The summed E-state index contributed by atoms with van der Waals surface area (Å²) in [6.45, 7) is 6.92. The molecule has 4 nitrogen and oxygen atoms in total. The highest BCUT2D eigenvalue weighted by molar-refractivity contribution is 7.00. The van der Waals surface area contributed by atoms with Crippen molar-refractivity contribution in [1.29, 1.82) is 0 Å². The largest absolute Gasteiger partial charge is 0.310 e. The number of benzene rings is 19. The Morgan fingerprint density at radius 2 is 0.548 bits per heavy atom. The van der Waals surface area contributed by atoms with Gasteiger partial charge in [-0.25, -0.2) is 0 Å². The Hall–Kier alpha value is -14.5. The monoisotopic (exact) mass is 1460 g/mol. The molecular formula is C110H75BN4. The van der Waals surface area contributed by atoms with Gasteiger partial charge in [-0.2, -0.15) is 0 Å². The summed E-state index contributed by atoms with van der Waals surface area (Å²) in [7, 11) is 0. The van der Waals surface area contributed by atoms with E-state index in [1.807, 2.05) is 0 Å². The average molecular weight is 1460 g/mol. The van der Waals surface area contributed by atoms with Crippen LogP contribution >= 0.6 is 0 Å². The SMILES string of the molecule is CC(C)(C)c1cc2c3c(c1)N(c1c(-c4ccccc4)cc(-c4cccc5ccccc45)cc1-c1ccccc1)c1cc(-n4c5ccccc5c5ccc6ccccc6c54)ccc1B3c1ccc(-n3c4ccccc4c4ccc5ccccc5c43)cc1N2c1c(-c2ccccc2)cc(-c2cccc3ccccc23)cc1-c1ccccc1. The lowest BCUT2D eigenvalue weighted by atomic mass is 9.33. The van der Waals surface area contributed by atoms with E-state index in [2.05, 4.69) is 440 Å². The van der Waals surface area contributed by atoms with Crippen LogP contribution in [0.5, 0.6) is 0 Å². The minimum absolute atomic E-state index is 0.303. The highest BCUT2D eigenvalue weighted by Gasteiger charge is 2.47. The summed E-state index contributed by atoms with van der Waals surface area (Å²) in [5, 5.41) is 14.5. The zero-order chi connectivity index (χ0) is 76.1. The molecule has 2 aliphatic heterocycles. The topological polar surface area (TPSA) is 16.3 Å². The van der Waals surface area contributed by atoms with Gasteiger partial charge in [-0.3, -0.25) is 0 Å². The molecule has 115 heavy (non-hydrogen) atoms.